The molecule has 0 atom stereocenters. The molecule has 1 aromatic heterocycles. The Morgan fingerprint density at radius 3 is 2.71 bits per heavy atom. The average Bonchev–Trinajstić information content (AvgIpc) is 3.01. The van der Waals surface area contributed by atoms with Crippen molar-refractivity contribution < 1.29 is 18.7 Å². The molecule has 3 aromatic rings. The second kappa shape index (κ2) is 5.71. The minimum absolute atomic E-state index is 0.175. The Balaban J connectivity index is 1.77. The van der Waals surface area contributed by atoms with E-state index in [1.165, 1.54) is 7.11 Å². The van der Waals surface area contributed by atoms with Gasteiger partial charge in [-0.1, -0.05) is 36.4 Å². The summed E-state index contributed by atoms with van der Waals surface area (Å²) in [6.45, 7) is 0.255. The number of furan rings is 1. The molecule has 0 bridgehead atoms. The fourth-order valence-electron chi connectivity index (χ4n) is 2.14. The number of carbonyl (C=O) groups excluding carboxylic acids is 1. The molecule has 2 aromatic carbocycles. The topological polar surface area (TPSA) is 48.7 Å². The van der Waals surface area contributed by atoms with Gasteiger partial charge in [0.15, 0.2) is 0 Å². The largest absolute Gasteiger partial charge is 0.485 e. The van der Waals surface area contributed by atoms with Crippen LogP contribution in [0.25, 0.3) is 10.8 Å². The lowest BCUT2D eigenvalue weighted by Gasteiger charge is -2.07. The zero-order valence-electron chi connectivity index (χ0n) is 11.5. The van der Waals surface area contributed by atoms with E-state index in [0.717, 1.165) is 16.5 Å². The highest BCUT2D eigenvalue weighted by Crippen LogP contribution is 2.26. The van der Waals surface area contributed by atoms with Gasteiger partial charge in [0, 0.05) is 5.39 Å². The van der Waals surface area contributed by atoms with Crippen LogP contribution >= 0.6 is 0 Å². The zero-order chi connectivity index (χ0) is 14.7. The average molecular weight is 282 g/mol. The standard InChI is InChI=1S/C17H14O4/c1-19-17(18)16-10-9-13(21-16)11-20-15-8-4-6-12-5-2-3-7-14(12)15/h2-10H,11H2,1H3. The zero-order valence-corrected chi connectivity index (χ0v) is 11.5. The van der Waals surface area contributed by atoms with Crippen LogP contribution in [0.15, 0.2) is 59.0 Å². The number of esters is 1. The van der Waals surface area contributed by atoms with Crippen LogP contribution in [-0.2, 0) is 11.3 Å². The Morgan fingerprint density at radius 1 is 1.05 bits per heavy atom. The molecular formula is C17H14O4. The lowest BCUT2D eigenvalue weighted by atomic mass is 10.1. The van der Waals surface area contributed by atoms with Crippen molar-refractivity contribution in [2.24, 2.45) is 0 Å². The summed E-state index contributed by atoms with van der Waals surface area (Å²) < 4.78 is 15.8. The second-order valence-corrected chi connectivity index (χ2v) is 4.52. The van der Waals surface area contributed by atoms with Gasteiger partial charge in [0.05, 0.1) is 7.11 Å². The highest BCUT2D eigenvalue weighted by molar-refractivity contribution is 5.88. The van der Waals surface area contributed by atoms with Crippen LogP contribution in [0, 0.1) is 0 Å². The van der Waals surface area contributed by atoms with Crippen LogP contribution in [-0.4, -0.2) is 13.1 Å². The van der Waals surface area contributed by atoms with Crippen molar-refractivity contribution in [1.82, 2.24) is 0 Å². The number of carbonyl (C=O) groups is 1. The summed E-state index contributed by atoms with van der Waals surface area (Å²) in [4.78, 5) is 11.3. The molecule has 0 aliphatic rings. The summed E-state index contributed by atoms with van der Waals surface area (Å²) in [6.07, 6.45) is 0. The number of hydrogen-bond donors (Lipinski definition) is 0. The van der Waals surface area contributed by atoms with Crippen molar-refractivity contribution in [1.29, 1.82) is 0 Å². The van der Waals surface area contributed by atoms with Crippen LogP contribution in [0.5, 0.6) is 5.75 Å². The molecule has 21 heavy (non-hydrogen) atoms. The molecule has 0 aliphatic heterocycles. The molecule has 0 aliphatic carbocycles. The van der Waals surface area contributed by atoms with Gasteiger partial charge in [0.1, 0.15) is 18.1 Å². The van der Waals surface area contributed by atoms with Gasteiger partial charge < -0.3 is 13.9 Å². The predicted molar refractivity (Wildman–Crippen MR) is 78.3 cm³/mol. The maximum absolute atomic E-state index is 11.3. The third-order valence-corrected chi connectivity index (χ3v) is 3.17. The smallest absolute Gasteiger partial charge is 0.373 e. The molecule has 0 unspecified atom stereocenters. The molecule has 4 nitrogen and oxygen atoms in total. The van der Waals surface area contributed by atoms with E-state index in [1.54, 1.807) is 12.1 Å². The Morgan fingerprint density at radius 2 is 1.86 bits per heavy atom. The molecule has 0 amide bonds. The van der Waals surface area contributed by atoms with E-state index in [0.29, 0.717) is 5.76 Å². The van der Waals surface area contributed by atoms with Gasteiger partial charge in [-0.05, 0) is 23.6 Å². The summed E-state index contributed by atoms with van der Waals surface area (Å²) in [5, 5.41) is 2.16. The predicted octanol–water partition coefficient (Wildman–Crippen LogP) is 3.80. The van der Waals surface area contributed by atoms with Crippen molar-refractivity contribution >= 4 is 16.7 Å². The maximum atomic E-state index is 11.3. The molecule has 0 N–H and O–H groups in total. The Labute approximate surface area is 121 Å². The van der Waals surface area contributed by atoms with Gasteiger partial charge in [-0.15, -0.1) is 0 Å². The normalized spacial score (nSPS) is 10.5. The molecule has 0 fully saturated rings. The van der Waals surface area contributed by atoms with Gasteiger partial charge in [0.2, 0.25) is 5.76 Å². The van der Waals surface area contributed by atoms with Crippen LogP contribution in [0.2, 0.25) is 0 Å². The molecule has 0 saturated carbocycles. The number of fused-ring (bicyclic) bond motifs is 1. The second-order valence-electron chi connectivity index (χ2n) is 4.52. The lowest BCUT2D eigenvalue weighted by Crippen LogP contribution is -1.99. The van der Waals surface area contributed by atoms with Crippen molar-refractivity contribution in [2.75, 3.05) is 7.11 Å². The van der Waals surface area contributed by atoms with Gasteiger partial charge in [-0.2, -0.15) is 0 Å². The molecule has 0 radical (unpaired) electrons. The van der Waals surface area contributed by atoms with E-state index in [-0.39, 0.29) is 12.4 Å². The monoisotopic (exact) mass is 282 g/mol. The molecule has 3 rings (SSSR count). The fraction of sp³-hybridized carbons (Fsp3) is 0.118. The summed E-state index contributed by atoms with van der Waals surface area (Å²) in [5.41, 5.74) is 0. The number of benzene rings is 2. The molecule has 0 spiro atoms. The first-order valence-corrected chi connectivity index (χ1v) is 6.55. The van der Waals surface area contributed by atoms with Gasteiger partial charge in [0.25, 0.3) is 0 Å². The van der Waals surface area contributed by atoms with E-state index in [9.17, 15) is 4.79 Å². The van der Waals surface area contributed by atoms with Crippen LogP contribution in [0.1, 0.15) is 16.3 Å². The minimum Gasteiger partial charge on any atom is -0.485 e. The Hall–Kier alpha value is -2.75. The first kappa shape index (κ1) is 13.2. The summed E-state index contributed by atoms with van der Waals surface area (Å²) in [5.74, 6) is 1.04. The van der Waals surface area contributed by atoms with Gasteiger partial charge in [-0.25, -0.2) is 4.79 Å². The Bertz CT molecular complexity index is 768. The van der Waals surface area contributed by atoms with E-state index >= 15 is 0 Å². The summed E-state index contributed by atoms with van der Waals surface area (Å²) >= 11 is 0. The molecule has 0 saturated heterocycles. The number of methoxy groups -OCH3 is 1. The third-order valence-electron chi connectivity index (χ3n) is 3.17. The van der Waals surface area contributed by atoms with Crippen LogP contribution < -0.4 is 4.74 Å². The minimum atomic E-state index is -0.494. The SMILES string of the molecule is COC(=O)c1ccc(COc2cccc3ccccc23)o1. The molecule has 4 heteroatoms. The van der Waals surface area contributed by atoms with Crippen LogP contribution in [0.3, 0.4) is 0 Å². The van der Waals surface area contributed by atoms with Crippen molar-refractivity contribution in [2.45, 2.75) is 6.61 Å². The third kappa shape index (κ3) is 2.74. The first-order valence-electron chi connectivity index (χ1n) is 6.55. The van der Waals surface area contributed by atoms with Crippen molar-refractivity contribution in [3.63, 3.8) is 0 Å². The molecule has 1 heterocycles. The summed E-state index contributed by atoms with van der Waals surface area (Å²) in [7, 11) is 1.32. The highest BCUT2D eigenvalue weighted by atomic mass is 16.5. The quantitative estimate of drug-likeness (QED) is 0.683. The van der Waals surface area contributed by atoms with Gasteiger partial charge >= 0.3 is 5.97 Å². The lowest BCUT2D eigenvalue weighted by molar-refractivity contribution is 0.0561. The van der Waals surface area contributed by atoms with Crippen LogP contribution in [0.4, 0.5) is 0 Å². The Kier molecular flexibility index (Phi) is 3.60. The number of ether oxygens (including phenoxy) is 2. The first-order chi connectivity index (χ1) is 10.3. The highest BCUT2D eigenvalue weighted by Gasteiger charge is 2.11. The molecule has 106 valence electrons. The summed E-state index contributed by atoms with van der Waals surface area (Å²) in [6, 6.07) is 17.2. The van der Waals surface area contributed by atoms with Crippen molar-refractivity contribution in [3.8, 4) is 5.75 Å². The van der Waals surface area contributed by atoms with E-state index in [4.69, 9.17) is 9.15 Å². The van der Waals surface area contributed by atoms with Crippen molar-refractivity contribution in [3.05, 3.63) is 66.1 Å². The van der Waals surface area contributed by atoms with E-state index in [1.807, 2.05) is 42.5 Å². The number of rotatable bonds is 4. The maximum Gasteiger partial charge on any atom is 0.373 e. The van der Waals surface area contributed by atoms with E-state index in [2.05, 4.69) is 4.74 Å². The van der Waals surface area contributed by atoms with Gasteiger partial charge in [-0.3, -0.25) is 0 Å². The molecular weight excluding hydrogens is 268 g/mol. The number of hydrogen-bond acceptors (Lipinski definition) is 4. The van der Waals surface area contributed by atoms with E-state index < -0.39 is 5.97 Å². The fourth-order valence-corrected chi connectivity index (χ4v) is 2.14.